The Kier molecular flexibility index (Phi) is 5.35. The van der Waals surface area contributed by atoms with Gasteiger partial charge in [0.05, 0.1) is 24.5 Å². The van der Waals surface area contributed by atoms with Crippen LogP contribution in [0.4, 0.5) is 0 Å². The minimum atomic E-state index is -0.380. The number of hydrogen-bond donors (Lipinski definition) is 0. The molecular weight excluding hydrogens is 380 g/mol. The zero-order valence-corrected chi connectivity index (χ0v) is 16.7. The van der Waals surface area contributed by atoms with Gasteiger partial charge in [-0.05, 0) is 42.3 Å². The molecule has 1 aromatic heterocycles. The van der Waals surface area contributed by atoms with E-state index in [0.717, 1.165) is 11.1 Å². The SMILES string of the molecule is COc1ccc(-c2c(C)oc3cc(OC(=O)Cc4ccccc4)ccc3c2=O)cc1. The maximum atomic E-state index is 13.1. The van der Waals surface area contributed by atoms with Gasteiger partial charge in [-0.3, -0.25) is 9.59 Å². The highest BCUT2D eigenvalue weighted by molar-refractivity contribution is 5.85. The first-order valence-electron chi connectivity index (χ1n) is 9.51. The molecule has 4 rings (SSSR count). The van der Waals surface area contributed by atoms with E-state index in [1.807, 2.05) is 42.5 Å². The summed E-state index contributed by atoms with van der Waals surface area (Å²) in [4.78, 5) is 25.3. The lowest BCUT2D eigenvalue weighted by atomic mass is 10.0. The van der Waals surface area contributed by atoms with Gasteiger partial charge in [0.25, 0.3) is 0 Å². The van der Waals surface area contributed by atoms with Crippen LogP contribution in [-0.4, -0.2) is 13.1 Å². The molecule has 3 aromatic carbocycles. The molecule has 0 saturated heterocycles. The van der Waals surface area contributed by atoms with Crippen molar-refractivity contribution in [2.45, 2.75) is 13.3 Å². The summed E-state index contributed by atoms with van der Waals surface area (Å²) in [5.41, 5.74) is 2.36. The van der Waals surface area contributed by atoms with Gasteiger partial charge in [0.15, 0.2) is 0 Å². The van der Waals surface area contributed by atoms with Crippen molar-refractivity contribution in [3.8, 4) is 22.6 Å². The molecule has 0 aliphatic rings. The highest BCUT2D eigenvalue weighted by atomic mass is 16.5. The van der Waals surface area contributed by atoms with Crippen molar-refractivity contribution in [1.82, 2.24) is 0 Å². The summed E-state index contributed by atoms with van der Waals surface area (Å²) in [6, 6.07) is 21.4. The van der Waals surface area contributed by atoms with Gasteiger partial charge in [-0.1, -0.05) is 42.5 Å². The predicted molar refractivity (Wildman–Crippen MR) is 115 cm³/mol. The van der Waals surface area contributed by atoms with Gasteiger partial charge < -0.3 is 13.9 Å². The molecular formula is C25H20O5. The first-order valence-corrected chi connectivity index (χ1v) is 9.51. The number of aryl methyl sites for hydroxylation is 1. The molecule has 0 spiro atoms. The van der Waals surface area contributed by atoms with Gasteiger partial charge in [0, 0.05) is 6.07 Å². The molecule has 5 nitrogen and oxygen atoms in total. The van der Waals surface area contributed by atoms with Gasteiger partial charge >= 0.3 is 5.97 Å². The normalized spacial score (nSPS) is 10.7. The monoisotopic (exact) mass is 400 g/mol. The average molecular weight is 400 g/mol. The van der Waals surface area contributed by atoms with E-state index in [0.29, 0.717) is 33.8 Å². The predicted octanol–water partition coefficient (Wildman–Crippen LogP) is 4.93. The van der Waals surface area contributed by atoms with Gasteiger partial charge in [-0.2, -0.15) is 0 Å². The molecule has 0 unspecified atom stereocenters. The van der Waals surface area contributed by atoms with Gasteiger partial charge in [0.1, 0.15) is 22.8 Å². The number of methoxy groups -OCH3 is 1. The van der Waals surface area contributed by atoms with Crippen LogP contribution in [0.3, 0.4) is 0 Å². The lowest BCUT2D eigenvalue weighted by Crippen LogP contribution is -2.12. The minimum absolute atomic E-state index is 0.138. The summed E-state index contributed by atoms with van der Waals surface area (Å²) in [6.45, 7) is 1.74. The van der Waals surface area contributed by atoms with Crippen LogP contribution >= 0.6 is 0 Å². The van der Waals surface area contributed by atoms with Crippen LogP contribution in [0.2, 0.25) is 0 Å². The molecule has 150 valence electrons. The zero-order valence-electron chi connectivity index (χ0n) is 16.7. The molecule has 4 aromatic rings. The quantitative estimate of drug-likeness (QED) is 0.351. The molecule has 0 bridgehead atoms. The number of esters is 1. The largest absolute Gasteiger partial charge is 0.497 e. The van der Waals surface area contributed by atoms with Crippen LogP contribution < -0.4 is 14.9 Å². The Morgan fingerprint density at radius 2 is 1.63 bits per heavy atom. The van der Waals surface area contributed by atoms with Crippen molar-refractivity contribution < 1.29 is 18.7 Å². The van der Waals surface area contributed by atoms with Crippen molar-refractivity contribution in [1.29, 1.82) is 0 Å². The van der Waals surface area contributed by atoms with Crippen LogP contribution in [0.1, 0.15) is 11.3 Å². The van der Waals surface area contributed by atoms with E-state index in [1.165, 1.54) is 0 Å². The minimum Gasteiger partial charge on any atom is -0.497 e. The van der Waals surface area contributed by atoms with E-state index in [4.69, 9.17) is 13.9 Å². The van der Waals surface area contributed by atoms with Gasteiger partial charge in [-0.15, -0.1) is 0 Å². The van der Waals surface area contributed by atoms with Crippen molar-refractivity contribution >= 4 is 16.9 Å². The first-order chi connectivity index (χ1) is 14.5. The van der Waals surface area contributed by atoms with Gasteiger partial charge in [0.2, 0.25) is 5.43 Å². The van der Waals surface area contributed by atoms with E-state index < -0.39 is 0 Å². The Bertz CT molecular complexity index is 1250. The Balaban J connectivity index is 1.64. The summed E-state index contributed by atoms with van der Waals surface area (Å²) >= 11 is 0. The number of ether oxygens (including phenoxy) is 2. The molecule has 0 fully saturated rings. The number of carbonyl (C=O) groups excluding carboxylic acids is 1. The maximum Gasteiger partial charge on any atom is 0.315 e. The molecule has 0 saturated carbocycles. The van der Waals surface area contributed by atoms with Crippen LogP contribution in [0, 0.1) is 6.92 Å². The third kappa shape index (κ3) is 3.96. The second-order valence-electron chi connectivity index (χ2n) is 6.89. The third-order valence-corrected chi connectivity index (χ3v) is 4.84. The summed E-state index contributed by atoms with van der Waals surface area (Å²) in [5.74, 6) is 1.16. The summed E-state index contributed by atoms with van der Waals surface area (Å²) in [6.07, 6.45) is 0.165. The fourth-order valence-corrected chi connectivity index (χ4v) is 3.37. The molecule has 30 heavy (non-hydrogen) atoms. The highest BCUT2D eigenvalue weighted by Gasteiger charge is 2.15. The van der Waals surface area contributed by atoms with E-state index >= 15 is 0 Å². The van der Waals surface area contributed by atoms with Crippen molar-refractivity contribution in [3.63, 3.8) is 0 Å². The van der Waals surface area contributed by atoms with Crippen molar-refractivity contribution in [2.75, 3.05) is 7.11 Å². The number of benzene rings is 3. The Labute approximate surface area is 173 Å². The molecule has 0 radical (unpaired) electrons. The fraction of sp³-hybridized carbons (Fsp3) is 0.120. The number of carbonyl (C=O) groups is 1. The van der Waals surface area contributed by atoms with E-state index in [-0.39, 0.29) is 17.8 Å². The van der Waals surface area contributed by atoms with Crippen LogP contribution in [0.25, 0.3) is 22.1 Å². The van der Waals surface area contributed by atoms with E-state index in [1.54, 1.807) is 44.4 Å². The van der Waals surface area contributed by atoms with Gasteiger partial charge in [-0.25, -0.2) is 0 Å². The molecule has 0 aliphatic heterocycles. The zero-order chi connectivity index (χ0) is 21.1. The second-order valence-corrected chi connectivity index (χ2v) is 6.89. The Hall–Kier alpha value is -3.86. The molecule has 0 amide bonds. The lowest BCUT2D eigenvalue weighted by molar-refractivity contribution is -0.133. The van der Waals surface area contributed by atoms with E-state index in [9.17, 15) is 9.59 Å². The van der Waals surface area contributed by atoms with Crippen molar-refractivity contribution in [2.24, 2.45) is 0 Å². The molecule has 1 heterocycles. The summed E-state index contributed by atoms with van der Waals surface area (Å²) < 4.78 is 16.5. The van der Waals surface area contributed by atoms with Crippen LogP contribution in [0.5, 0.6) is 11.5 Å². The second kappa shape index (κ2) is 8.25. The average Bonchev–Trinajstić information content (AvgIpc) is 2.74. The summed E-state index contributed by atoms with van der Waals surface area (Å²) in [5, 5.41) is 0.425. The van der Waals surface area contributed by atoms with Crippen LogP contribution in [-0.2, 0) is 11.2 Å². The van der Waals surface area contributed by atoms with E-state index in [2.05, 4.69) is 0 Å². The highest BCUT2D eigenvalue weighted by Crippen LogP contribution is 2.27. The molecule has 0 N–H and O–H groups in total. The Morgan fingerprint density at radius 1 is 0.933 bits per heavy atom. The number of fused-ring (bicyclic) bond motifs is 1. The molecule has 0 aliphatic carbocycles. The molecule has 0 atom stereocenters. The van der Waals surface area contributed by atoms with Crippen LogP contribution in [0.15, 0.2) is 82.0 Å². The summed E-state index contributed by atoms with van der Waals surface area (Å²) in [7, 11) is 1.59. The Morgan fingerprint density at radius 3 is 2.33 bits per heavy atom. The number of rotatable bonds is 5. The maximum absolute atomic E-state index is 13.1. The topological polar surface area (TPSA) is 65.7 Å². The first kappa shape index (κ1) is 19.5. The van der Waals surface area contributed by atoms with Crippen molar-refractivity contribution in [3.05, 3.63) is 94.3 Å². The third-order valence-electron chi connectivity index (χ3n) is 4.84. The lowest BCUT2D eigenvalue weighted by Gasteiger charge is -2.09. The fourth-order valence-electron chi connectivity index (χ4n) is 3.37. The number of hydrogen-bond acceptors (Lipinski definition) is 5. The smallest absolute Gasteiger partial charge is 0.315 e. The standard InChI is InChI=1S/C25H20O5/c1-16-24(18-8-10-19(28-2)11-9-18)25(27)21-13-12-20(15-22(21)29-16)30-23(26)14-17-6-4-3-5-7-17/h3-13,15H,14H2,1-2H3. The molecule has 5 heteroatoms.